The number of nitrogens with zero attached hydrogens (tertiary/aromatic N) is 3. The van der Waals surface area contributed by atoms with Crippen molar-refractivity contribution in [3.63, 3.8) is 0 Å². The molecule has 1 amide bonds. The minimum atomic E-state index is -1.66. The minimum Gasteiger partial charge on any atom is -0.497 e. The number of piperazine rings is 1. The quantitative estimate of drug-likeness (QED) is 0.754. The van der Waals surface area contributed by atoms with Crippen LogP contribution < -0.4 is 4.74 Å². The van der Waals surface area contributed by atoms with Crippen molar-refractivity contribution in [1.29, 1.82) is 5.26 Å². The average Bonchev–Trinajstić information content (AvgIpc) is 2.73. The number of benzene rings is 2. The molecule has 5 nitrogen and oxygen atoms in total. The number of ether oxygens (including phenoxy) is 1. The number of amides is 1. The number of methoxy groups -OCH3 is 1. The number of halogens is 3. The molecular weight excluding hydrogens is 371 g/mol. The van der Waals surface area contributed by atoms with E-state index in [4.69, 9.17) is 4.74 Å². The maximum Gasteiger partial charge on any atom is 0.257 e. The average molecular weight is 389 g/mol. The van der Waals surface area contributed by atoms with Crippen molar-refractivity contribution >= 4 is 5.91 Å². The summed E-state index contributed by atoms with van der Waals surface area (Å²) in [4.78, 5) is 15.8. The van der Waals surface area contributed by atoms with E-state index in [0.717, 1.165) is 17.7 Å². The van der Waals surface area contributed by atoms with E-state index < -0.39 is 35.0 Å². The predicted molar refractivity (Wildman–Crippen MR) is 95.1 cm³/mol. The fourth-order valence-corrected chi connectivity index (χ4v) is 3.22. The lowest BCUT2D eigenvalue weighted by molar-refractivity contribution is 0.0600. The number of rotatable bonds is 4. The summed E-state index contributed by atoms with van der Waals surface area (Å²) in [5.41, 5.74) is 0.269. The Kier molecular flexibility index (Phi) is 5.85. The third-order valence-electron chi connectivity index (χ3n) is 4.76. The normalized spacial score (nSPS) is 15.8. The molecule has 0 bridgehead atoms. The highest BCUT2D eigenvalue weighted by molar-refractivity contribution is 5.94. The van der Waals surface area contributed by atoms with E-state index in [1.807, 2.05) is 11.0 Å². The van der Waals surface area contributed by atoms with Crippen LogP contribution in [0.1, 0.15) is 22.0 Å². The van der Waals surface area contributed by atoms with Gasteiger partial charge in [-0.15, -0.1) is 0 Å². The third-order valence-corrected chi connectivity index (χ3v) is 4.76. The fraction of sp³-hybridized carbons (Fsp3) is 0.300. The van der Waals surface area contributed by atoms with Crippen molar-refractivity contribution in [2.75, 3.05) is 33.3 Å². The molecule has 0 N–H and O–H groups in total. The van der Waals surface area contributed by atoms with Gasteiger partial charge in [0.05, 0.1) is 18.7 Å². The Hall–Kier alpha value is -3.05. The van der Waals surface area contributed by atoms with Crippen LogP contribution in [0.4, 0.5) is 13.2 Å². The molecule has 146 valence electrons. The number of hydrogen-bond acceptors (Lipinski definition) is 4. The molecule has 3 rings (SSSR count). The van der Waals surface area contributed by atoms with Crippen LogP contribution in [0, 0.1) is 28.8 Å². The summed E-state index contributed by atoms with van der Waals surface area (Å²) in [5, 5.41) is 9.60. The molecule has 28 heavy (non-hydrogen) atoms. The smallest absolute Gasteiger partial charge is 0.257 e. The molecule has 1 saturated heterocycles. The summed E-state index contributed by atoms with van der Waals surface area (Å²) in [7, 11) is 1.54. The lowest BCUT2D eigenvalue weighted by Crippen LogP contribution is -2.49. The number of nitriles is 1. The maximum absolute atomic E-state index is 13.9. The van der Waals surface area contributed by atoms with Crippen molar-refractivity contribution in [3.8, 4) is 11.8 Å². The summed E-state index contributed by atoms with van der Waals surface area (Å²) >= 11 is 0. The van der Waals surface area contributed by atoms with Gasteiger partial charge < -0.3 is 9.64 Å². The van der Waals surface area contributed by atoms with Crippen LogP contribution in [-0.4, -0.2) is 49.0 Å². The zero-order chi connectivity index (χ0) is 20.3. The van der Waals surface area contributed by atoms with E-state index in [1.165, 1.54) is 4.90 Å². The lowest BCUT2D eigenvalue weighted by atomic mass is 10.0. The first-order chi connectivity index (χ1) is 13.5. The second-order valence-electron chi connectivity index (χ2n) is 6.36. The van der Waals surface area contributed by atoms with Crippen LogP contribution >= 0.6 is 0 Å². The van der Waals surface area contributed by atoms with E-state index in [0.29, 0.717) is 18.8 Å². The monoisotopic (exact) mass is 389 g/mol. The standard InChI is InChI=1S/C20H18F3N3O2/c1-28-14-4-2-3-13(11-14)17(12-24)25-7-9-26(10-8-25)20(27)15-5-6-16(21)19(23)18(15)22/h2-6,11,17H,7-10H2,1H3. The Bertz CT molecular complexity index is 921. The van der Waals surface area contributed by atoms with E-state index in [-0.39, 0.29) is 13.1 Å². The molecule has 0 saturated carbocycles. The van der Waals surface area contributed by atoms with Gasteiger partial charge in [-0.3, -0.25) is 9.69 Å². The van der Waals surface area contributed by atoms with Crippen LogP contribution in [-0.2, 0) is 0 Å². The largest absolute Gasteiger partial charge is 0.497 e. The summed E-state index contributed by atoms with van der Waals surface area (Å²) in [6, 6.07) is 10.6. The second-order valence-corrected chi connectivity index (χ2v) is 6.36. The Morgan fingerprint density at radius 1 is 1.11 bits per heavy atom. The van der Waals surface area contributed by atoms with Gasteiger partial charge in [-0.2, -0.15) is 5.26 Å². The molecule has 2 aromatic carbocycles. The predicted octanol–water partition coefficient (Wildman–Crippen LogP) is 3.14. The second kappa shape index (κ2) is 8.31. The molecular formula is C20H18F3N3O2. The Labute approximate surface area is 160 Å². The van der Waals surface area contributed by atoms with Gasteiger partial charge in [0.1, 0.15) is 11.8 Å². The van der Waals surface area contributed by atoms with E-state index in [1.54, 1.807) is 25.3 Å². The van der Waals surface area contributed by atoms with Crippen LogP contribution in [0.5, 0.6) is 5.75 Å². The first kappa shape index (κ1) is 19.7. The van der Waals surface area contributed by atoms with E-state index in [2.05, 4.69) is 6.07 Å². The van der Waals surface area contributed by atoms with Crippen molar-refractivity contribution in [1.82, 2.24) is 9.80 Å². The molecule has 0 radical (unpaired) electrons. The summed E-state index contributed by atoms with van der Waals surface area (Å²) in [5.74, 6) is -4.55. The molecule has 1 heterocycles. The Morgan fingerprint density at radius 3 is 2.46 bits per heavy atom. The molecule has 0 spiro atoms. The molecule has 2 aromatic rings. The van der Waals surface area contributed by atoms with Crippen LogP contribution in [0.25, 0.3) is 0 Å². The summed E-state index contributed by atoms with van der Waals surface area (Å²) in [6.07, 6.45) is 0. The first-order valence-electron chi connectivity index (χ1n) is 8.66. The van der Waals surface area contributed by atoms with Gasteiger partial charge in [-0.05, 0) is 29.8 Å². The van der Waals surface area contributed by atoms with Gasteiger partial charge in [-0.1, -0.05) is 12.1 Å². The fourth-order valence-electron chi connectivity index (χ4n) is 3.22. The van der Waals surface area contributed by atoms with Gasteiger partial charge >= 0.3 is 0 Å². The molecule has 1 aliphatic rings. The Morgan fingerprint density at radius 2 is 1.82 bits per heavy atom. The number of carbonyl (C=O) groups excluding carboxylic acids is 1. The maximum atomic E-state index is 13.9. The van der Waals surface area contributed by atoms with E-state index >= 15 is 0 Å². The van der Waals surface area contributed by atoms with Gasteiger partial charge in [0.15, 0.2) is 17.5 Å². The minimum absolute atomic E-state index is 0.236. The highest BCUT2D eigenvalue weighted by atomic mass is 19.2. The molecule has 8 heteroatoms. The third kappa shape index (κ3) is 3.80. The molecule has 1 unspecified atom stereocenters. The lowest BCUT2D eigenvalue weighted by Gasteiger charge is -2.37. The van der Waals surface area contributed by atoms with Crippen molar-refractivity contribution in [2.45, 2.75) is 6.04 Å². The zero-order valence-corrected chi connectivity index (χ0v) is 15.2. The molecule has 1 fully saturated rings. The highest BCUT2D eigenvalue weighted by Crippen LogP contribution is 2.25. The zero-order valence-electron chi connectivity index (χ0n) is 15.2. The topological polar surface area (TPSA) is 56.6 Å². The van der Waals surface area contributed by atoms with Gasteiger partial charge in [0.2, 0.25) is 0 Å². The summed E-state index contributed by atoms with van der Waals surface area (Å²) < 4.78 is 45.6. The number of carbonyl (C=O) groups is 1. The van der Waals surface area contributed by atoms with Gasteiger partial charge in [0.25, 0.3) is 5.91 Å². The molecule has 0 aliphatic carbocycles. The van der Waals surface area contributed by atoms with Crippen molar-refractivity contribution < 1.29 is 22.7 Å². The van der Waals surface area contributed by atoms with Gasteiger partial charge in [0, 0.05) is 26.2 Å². The molecule has 1 aliphatic heterocycles. The van der Waals surface area contributed by atoms with Crippen LogP contribution in [0.3, 0.4) is 0 Å². The first-order valence-corrected chi connectivity index (χ1v) is 8.66. The SMILES string of the molecule is COc1cccc(C(C#N)N2CCN(C(=O)c3ccc(F)c(F)c3F)CC2)c1. The van der Waals surface area contributed by atoms with Crippen LogP contribution in [0.2, 0.25) is 0 Å². The van der Waals surface area contributed by atoms with Crippen molar-refractivity contribution in [2.24, 2.45) is 0 Å². The van der Waals surface area contributed by atoms with Crippen LogP contribution in [0.15, 0.2) is 36.4 Å². The number of hydrogen-bond donors (Lipinski definition) is 0. The summed E-state index contributed by atoms with van der Waals surface area (Å²) in [6.45, 7) is 1.23. The molecule has 1 atom stereocenters. The van der Waals surface area contributed by atoms with Crippen molar-refractivity contribution in [3.05, 3.63) is 65.0 Å². The molecule has 0 aromatic heterocycles. The Balaban J connectivity index is 1.70. The van der Waals surface area contributed by atoms with Gasteiger partial charge in [-0.25, -0.2) is 13.2 Å². The van der Waals surface area contributed by atoms with E-state index in [9.17, 15) is 23.2 Å². The highest BCUT2D eigenvalue weighted by Gasteiger charge is 2.29.